The molecule has 0 bridgehead atoms. The topological polar surface area (TPSA) is 106 Å². The Morgan fingerprint density at radius 1 is 1.13 bits per heavy atom. The monoisotopic (exact) mass is 598 g/mol. The van der Waals surface area contributed by atoms with Gasteiger partial charge in [-0.15, -0.1) is 0 Å². The average molecular weight is 599 g/mol. The van der Waals surface area contributed by atoms with Gasteiger partial charge in [-0.2, -0.15) is 13.2 Å². The van der Waals surface area contributed by atoms with Crippen LogP contribution in [-0.4, -0.2) is 41.2 Å². The Labute approximate surface area is 232 Å². The van der Waals surface area contributed by atoms with Gasteiger partial charge in [0.25, 0.3) is 0 Å². The van der Waals surface area contributed by atoms with Crippen molar-refractivity contribution >= 4 is 58.2 Å². The largest absolute Gasteiger partial charge is 0.482 e. The van der Waals surface area contributed by atoms with Crippen LogP contribution >= 0.6 is 34.7 Å². The van der Waals surface area contributed by atoms with E-state index in [1.165, 1.54) is 30.3 Å². The van der Waals surface area contributed by atoms with Gasteiger partial charge in [0, 0.05) is 21.4 Å². The number of carbonyl (C=O) groups is 3. The maximum atomic E-state index is 13.9. The van der Waals surface area contributed by atoms with Gasteiger partial charge >= 0.3 is 17.0 Å². The first-order valence-corrected chi connectivity index (χ1v) is 13.6. The number of hydrogen-bond acceptors (Lipinski definition) is 8. The number of nitrogens with one attached hydrogen (secondary N) is 1. The van der Waals surface area contributed by atoms with Gasteiger partial charge in [0.1, 0.15) is 11.0 Å². The normalized spacial score (nSPS) is 20.5. The van der Waals surface area contributed by atoms with Crippen molar-refractivity contribution in [2.75, 3.05) is 18.1 Å². The van der Waals surface area contributed by atoms with Gasteiger partial charge < -0.3 is 14.5 Å². The number of H-pyrrole nitrogens is 1. The molecule has 2 amide bonds. The molecular weight excluding hydrogens is 581 g/mol. The van der Waals surface area contributed by atoms with Crippen molar-refractivity contribution in [2.45, 2.75) is 29.3 Å². The number of rotatable bonds is 6. The summed E-state index contributed by atoms with van der Waals surface area (Å²) in [4.78, 5) is 54.9. The van der Waals surface area contributed by atoms with E-state index in [1.54, 1.807) is 6.92 Å². The van der Waals surface area contributed by atoms with Crippen LogP contribution in [0.5, 0.6) is 5.75 Å². The number of benzene rings is 2. The molecule has 2 unspecified atom stereocenters. The van der Waals surface area contributed by atoms with Crippen molar-refractivity contribution < 1.29 is 37.0 Å². The number of thioether (sulfide) groups is 1. The lowest BCUT2D eigenvalue weighted by atomic mass is 9.82. The van der Waals surface area contributed by atoms with Gasteiger partial charge in [-0.1, -0.05) is 46.8 Å². The fraction of sp³-hybridized carbons (Fsp3) is 0.280. The molecule has 5 rings (SSSR count). The standard InChI is InChI=1S/C25H18ClF3N2O6S2/c1-2-36-16(32)10-37-15-8-7-11(26)9-12(15)17-18-20(38-21-19(17)39-24(35)30-21)23(34)31(22(18)33)14-6-4-3-5-13(14)25(27,28)29/h3-9,17-18,20H,2,10H2,1H3,(H,30,35)/t17-,18?,20?/m1/s1. The molecule has 1 N–H and O–H groups in total. The van der Waals surface area contributed by atoms with E-state index in [1.807, 2.05) is 0 Å². The number of para-hydroxylation sites is 1. The highest BCUT2D eigenvalue weighted by Gasteiger charge is 2.57. The molecule has 39 heavy (non-hydrogen) atoms. The van der Waals surface area contributed by atoms with E-state index in [0.717, 1.165) is 35.2 Å². The average Bonchev–Trinajstić information content (AvgIpc) is 3.37. The van der Waals surface area contributed by atoms with Crippen LogP contribution in [0.15, 0.2) is 52.3 Å². The quantitative estimate of drug-likeness (QED) is 0.319. The minimum absolute atomic E-state index is 0.131. The van der Waals surface area contributed by atoms with E-state index in [-0.39, 0.29) is 17.4 Å². The molecule has 0 aliphatic carbocycles. The van der Waals surface area contributed by atoms with Crippen LogP contribution in [0, 0.1) is 5.92 Å². The smallest absolute Gasteiger partial charge is 0.418 e. The first kappa shape index (κ1) is 27.3. The Balaban J connectivity index is 1.64. The van der Waals surface area contributed by atoms with E-state index >= 15 is 0 Å². The van der Waals surface area contributed by atoms with Gasteiger partial charge in [0.15, 0.2) is 6.61 Å². The van der Waals surface area contributed by atoms with Crippen molar-refractivity contribution in [1.29, 1.82) is 0 Å². The Hall–Kier alpha value is -3.29. The molecule has 3 aromatic rings. The van der Waals surface area contributed by atoms with Gasteiger partial charge in [0.2, 0.25) is 11.8 Å². The predicted octanol–water partition coefficient (Wildman–Crippen LogP) is 4.85. The molecule has 8 nitrogen and oxygen atoms in total. The molecule has 2 aliphatic heterocycles. The van der Waals surface area contributed by atoms with Crippen LogP contribution in [0.25, 0.3) is 0 Å². The Bertz CT molecular complexity index is 1540. The molecule has 14 heteroatoms. The Kier molecular flexibility index (Phi) is 7.25. The Morgan fingerprint density at radius 2 is 1.87 bits per heavy atom. The minimum atomic E-state index is -4.82. The second-order valence-corrected chi connectivity index (χ2v) is 11.2. The van der Waals surface area contributed by atoms with Crippen LogP contribution < -0.4 is 14.5 Å². The summed E-state index contributed by atoms with van der Waals surface area (Å²) in [5.41, 5.74) is -1.41. The van der Waals surface area contributed by atoms with E-state index in [2.05, 4.69) is 4.98 Å². The summed E-state index contributed by atoms with van der Waals surface area (Å²) in [6.07, 6.45) is -4.82. The zero-order valence-electron chi connectivity index (χ0n) is 19.9. The molecule has 3 heterocycles. The number of thiazole rings is 1. The molecule has 3 atom stereocenters. The number of aromatic amines is 1. The fourth-order valence-electron chi connectivity index (χ4n) is 4.73. The van der Waals surface area contributed by atoms with Crippen molar-refractivity contribution in [3.8, 4) is 5.75 Å². The molecule has 1 aromatic heterocycles. The van der Waals surface area contributed by atoms with Gasteiger partial charge in [-0.3, -0.25) is 14.4 Å². The first-order valence-electron chi connectivity index (χ1n) is 11.5. The number of halogens is 4. The molecular formula is C25H18ClF3N2O6S2. The fourth-order valence-corrected chi connectivity index (χ4v) is 7.42. The minimum Gasteiger partial charge on any atom is -0.482 e. The molecule has 0 spiro atoms. The molecule has 204 valence electrons. The number of anilines is 1. The molecule has 0 radical (unpaired) electrons. The summed E-state index contributed by atoms with van der Waals surface area (Å²) >= 11 is 8.01. The number of carbonyl (C=O) groups excluding carboxylic acids is 3. The van der Waals surface area contributed by atoms with E-state index in [4.69, 9.17) is 21.1 Å². The van der Waals surface area contributed by atoms with Crippen LogP contribution in [0.3, 0.4) is 0 Å². The predicted molar refractivity (Wildman–Crippen MR) is 137 cm³/mol. The third-order valence-electron chi connectivity index (χ3n) is 6.23. The van der Waals surface area contributed by atoms with E-state index in [9.17, 15) is 32.3 Å². The number of hydrogen-bond donors (Lipinski definition) is 1. The summed E-state index contributed by atoms with van der Waals surface area (Å²) in [6.45, 7) is 1.30. The molecule has 2 aliphatic rings. The van der Waals surface area contributed by atoms with Crippen molar-refractivity contribution in [3.05, 3.63) is 73.2 Å². The van der Waals surface area contributed by atoms with E-state index < -0.39 is 63.8 Å². The number of nitrogens with zero attached hydrogens (tertiary/aromatic N) is 1. The SMILES string of the molecule is CCOC(=O)COc1ccc(Cl)cc1[C@H]1c2sc(=O)[nH]c2SC2C(=O)N(c3ccccc3C(F)(F)F)C(=O)C21. The zero-order valence-corrected chi connectivity index (χ0v) is 22.3. The maximum Gasteiger partial charge on any atom is 0.418 e. The van der Waals surface area contributed by atoms with Gasteiger partial charge in [-0.25, -0.2) is 9.69 Å². The number of aromatic nitrogens is 1. The molecule has 2 aromatic carbocycles. The Morgan fingerprint density at radius 3 is 2.59 bits per heavy atom. The third-order valence-corrected chi connectivity index (χ3v) is 8.87. The summed E-state index contributed by atoms with van der Waals surface area (Å²) in [5, 5.41) is -0.582. The van der Waals surface area contributed by atoms with Crippen molar-refractivity contribution in [3.63, 3.8) is 0 Å². The number of imide groups is 1. The second kappa shape index (κ2) is 10.4. The van der Waals surface area contributed by atoms with Gasteiger partial charge in [-0.05, 0) is 37.3 Å². The summed E-state index contributed by atoms with van der Waals surface area (Å²) in [5.74, 6) is -4.38. The lowest BCUT2D eigenvalue weighted by molar-refractivity contribution is -0.145. The highest BCUT2D eigenvalue weighted by molar-refractivity contribution is 8.00. The number of amides is 2. The summed E-state index contributed by atoms with van der Waals surface area (Å²) < 4.78 is 52.0. The first-order chi connectivity index (χ1) is 18.5. The second-order valence-electron chi connectivity index (χ2n) is 8.55. The van der Waals surface area contributed by atoms with Crippen LogP contribution in [0.2, 0.25) is 5.02 Å². The van der Waals surface area contributed by atoms with Crippen LogP contribution in [0.1, 0.15) is 28.8 Å². The molecule has 0 saturated carbocycles. The van der Waals surface area contributed by atoms with Crippen LogP contribution in [-0.2, 0) is 25.3 Å². The number of esters is 1. The van der Waals surface area contributed by atoms with E-state index in [0.29, 0.717) is 20.4 Å². The number of ether oxygens (including phenoxy) is 2. The number of alkyl halides is 3. The highest BCUT2D eigenvalue weighted by Crippen LogP contribution is 2.55. The maximum absolute atomic E-state index is 13.9. The lowest BCUT2D eigenvalue weighted by Crippen LogP contribution is -2.33. The third kappa shape index (κ3) is 4.94. The number of fused-ring (bicyclic) bond motifs is 2. The molecule has 1 saturated heterocycles. The highest BCUT2D eigenvalue weighted by atomic mass is 35.5. The van der Waals surface area contributed by atoms with Crippen LogP contribution in [0.4, 0.5) is 18.9 Å². The van der Waals surface area contributed by atoms with Gasteiger partial charge in [0.05, 0.1) is 28.8 Å². The summed E-state index contributed by atoms with van der Waals surface area (Å²) in [6, 6.07) is 8.80. The van der Waals surface area contributed by atoms with Crippen molar-refractivity contribution in [2.24, 2.45) is 5.92 Å². The summed E-state index contributed by atoms with van der Waals surface area (Å²) in [7, 11) is 0. The molecule has 1 fully saturated rings. The zero-order chi connectivity index (χ0) is 28.1. The van der Waals surface area contributed by atoms with Crippen molar-refractivity contribution in [1.82, 2.24) is 4.98 Å². The lowest BCUT2D eigenvalue weighted by Gasteiger charge is -2.31.